The van der Waals surface area contributed by atoms with Gasteiger partial charge in [0.25, 0.3) is 5.91 Å². The van der Waals surface area contributed by atoms with Crippen LogP contribution in [0.4, 0.5) is 13.2 Å². The number of hydrogen-bond acceptors (Lipinski definition) is 3. The Bertz CT molecular complexity index is 469. The van der Waals surface area contributed by atoms with Crippen LogP contribution in [-0.4, -0.2) is 35.9 Å². The summed E-state index contributed by atoms with van der Waals surface area (Å²) in [6, 6.07) is 1.93. The van der Waals surface area contributed by atoms with Crippen molar-refractivity contribution in [1.82, 2.24) is 9.88 Å². The first-order valence-electron chi connectivity index (χ1n) is 6.05. The van der Waals surface area contributed by atoms with Gasteiger partial charge in [0.2, 0.25) is 0 Å². The molecule has 0 spiro atoms. The fourth-order valence-corrected chi connectivity index (χ4v) is 1.66. The number of amides is 1. The molecule has 1 aromatic heterocycles. The molecule has 4 nitrogen and oxygen atoms in total. The highest BCUT2D eigenvalue weighted by atomic mass is 19.4. The molecule has 20 heavy (non-hydrogen) atoms. The summed E-state index contributed by atoms with van der Waals surface area (Å²) in [5, 5.41) is 0. The van der Waals surface area contributed by atoms with E-state index in [1.165, 1.54) is 4.90 Å². The standard InChI is InChI=1S/C13H18F3N3O/c1-12(2,7-17)8-19(3)11(20)10-5-4-9(6-18-10)13(14,15)16/h4-6H,7-8,17H2,1-3H3. The molecular weight excluding hydrogens is 271 g/mol. The van der Waals surface area contributed by atoms with Crippen molar-refractivity contribution in [1.29, 1.82) is 0 Å². The molecule has 0 radical (unpaired) electrons. The Labute approximate surface area is 115 Å². The number of carbonyl (C=O) groups excluding carboxylic acids is 1. The van der Waals surface area contributed by atoms with Crippen molar-refractivity contribution in [3.8, 4) is 0 Å². The Morgan fingerprint density at radius 3 is 2.35 bits per heavy atom. The number of nitrogens with two attached hydrogens (primary N) is 1. The van der Waals surface area contributed by atoms with Crippen LogP contribution in [0.1, 0.15) is 29.9 Å². The average molecular weight is 289 g/mol. The maximum absolute atomic E-state index is 12.4. The minimum Gasteiger partial charge on any atom is -0.340 e. The maximum atomic E-state index is 12.4. The molecule has 0 unspecified atom stereocenters. The molecule has 0 fully saturated rings. The van der Waals surface area contributed by atoms with Gasteiger partial charge in [0.1, 0.15) is 5.69 Å². The van der Waals surface area contributed by atoms with E-state index in [4.69, 9.17) is 5.73 Å². The lowest BCUT2D eigenvalue weighted by molar-refractivity contribution is -0.137. The van der Waals surface area contributed by atoms with Crippen LogP contribution in [0.3, 0.4) is 0 Å². The molecule has 0 bridgehead atoms. The summed E-state index contributed by atoms with van der Waals surface area (Å²) in [5.74, 6) is -0.430. The summed E-state index contributed by atoms with van der Waals surface area (Å²) in [6.45, 7) is 4.59. The topological polar surface area (TPSA) is 59.2 Å². The van der Waals surface area contributed by atoms with Gasteiger partial charge < -0.3 is 10.6 Å². The van der Waals surface area contributed by atoms with Gasteiger partial charge in [-0.05, 0) is 24.1 Å². The Morgan fingerprint density at radius 2 is 1.95 bits per heavy atom. The summed E-state index contributed by atoms with van der Waals surface area (Å²) < 4.78 is 37.2. The number of hydrogen-bond donors (Lipinski definition) is 1. The second kappa shape index (κ2) is 5.78. The zero-order valence-corrected chi connectivity index (χ0v) is 11.7. The van der Waals surface area contributed by atoms with Gasteiger partial charge in [0, 0.05) is 19.8 Å². The third-order valence-electron chi connectivity index (χ3n) is 2.87. The van der Waals surface area contributed by atoms with E-state index in [-0.39, 0.29) is 11.1 Å². The summed E-state index contributed by atoms with van der Waals surface area (Å²) in [7, 11) is 1.57. The van der Waals surface area contributed by atoms with Crippen molar-refractivity contribution in [3.63, 3.8) is 0 Å². The van der Waals surface area contributed by atoms with Crippen LogP contribution in [0.2, 0.25) is 0 Å². The second-order valence-electron chi connectivity index (χ2n) is 5.46. The normalized spacial score (nSPS) is 12.3. The highest BCUT2D eigenvalue weighted by Gasteiger charge is 2.31. The van der Waals surface area contributed by atoms with Gasteiger partial charge in [-0.1, -0.05) is 13.8 Å². The van der Waals surface area contributed by atoms with Crippen LogP contribution in [-0.2, 0) is 6.18 Å². The van der Waals surface area contributed by atoms with Gasteiger partial charge >= 0.3 is 6.18 Å². The Balaban J connectivity index is 2.83. The number of halogens is 3. The molecule has 0 aliphatic rings. The lowest BCUT2D eigenvalue weighted by atomic mass is 9.93. The quantitative estimate of drug-likeness (QED) is 0.924. The summed E-state index contributed by atoms with van der Waals surface area (Å²) in [4.78, 5) is 17.0. The molecule has 0 aliphatic heterocycles. The van der Waals surface area contributed by atoms with E-state index in [2.05, 4.69) is 4.98 Å². The molecule has 7 heteroatoms. The highest BCUT2D eigenvalue weighted by molar-refractivity contribution is 5.92. The van der Waals surface area contributed by atoms with E-state index in [9.17, 15) is 18.0 Å². The van der Waals surface area contributed by atoms with Gasteiger partial charge in [-0.2, -0.15) is 13.2 Å². The predicted octanol–water partition coefficient (Wildman–Crippen LogP) is 2.16. The Hall–Kier alpha value is -1.63. The van der Waals surface area contributed by atoms with Crippen molar-refractivity contribution in [2.24, 2.45) is 11.1 Å². The van der Waals surface area contributed by atoms with Gasteiger partial charge in [0.15, 0.2) is 0 Å². The molecule has 2 N–H and O–H groups in total. The molecule has 0 saturated heterocycles. The van der Waals surface area contributed by atoms with E-state index in [0.717, 1.165) is 12.1 Å². The van der Waals surface area contributed by atoms with Crippen molar-refractivity contribution in [2.75, 3.05) is 20.1 Å². The van der Waals surface area contributed by atoms with E-state index in [0.29, 0.717) is 19.3 Å². The zero-order valence-electron chi connectivity index (χ0n) is 11.7. The number of carbonyl (C=O) groups is 1. The largest absolute Gasteiger partial charge is 0.417 e. The van der Waals surface area contributed by atoms with Crippen LogP contribution in [0.15, 0.2) is 18.3 Å². The molecule has 1 rings (SSSR count). The average Bonchev–Trinajstić information content (AvgIpc) is 2.36. The molecule has 1 amide bonds. The molecule has 0 aromatic carbocycles. The van der Waals surface area contributed by atoms with Crippen LogP contribution in [0.5, 0.6) is 0 Å². The SMILES string of the molecule is CN(CC(C)(C)CN)C(=O)c1ccc(C(F)(F)F)cn1. The van der Waals surface area contributed by atoms with Crippen LogP contribution in [0.25, 0.3) is 0 Å². The third kappa shape index (κ3) is 4.19. The van der Waals surface area contributed by atoms with E-state index in [1.54, 1.807) is 7.05 Å². The minimum absolute atomic E-state index is 0.0201. The molecule has 0 atom stereocenters. The molecule has 112 valence electrons. The van der Waals surface area contributed by atoms with E-state index in [1.807, 2.05) is 13.8 Å². The molecule has 0 saturated carbocycles. The molecule has 1 aromatic rings. The predicted molar refractivity (Wildman–Crippen MR) is 69.0 cm³/mol. The van der Waals surface area contributed by atoms with Crippen LogP contribution < -0.4 is 5.73 Å². The first kappa shape index (κ1) is 16.4. The Kier molecular flexibility index (Phi) is 4.75. The summed E-state index contributed by atoms with van der Waals surface area (Å²) in [5.41, 5.74) is 4.42. The van der Waals surface area contributed by atoms with Crippen molar-refractivity contribution in [3.05, 3.63) is 29.6 Å². The number of pyridine rings is 1. The monoisotopic (exact) mass is 289 g/mol. The van der Waals surface area contributed by atoms with Gasteiger partial charge in [0.05, 0.1) is 5.56 Å². The highest BCUT2D eigenvalue weighted by Crippen LogP contribution is 2.28. The van der Waals surface area contributed by atoms with Crippen molar-refractivity contribution in [2.45, 2.75) is 20.0 Å². The van der Waals surface area contributed by atoms with Crippen molar-refractivity contribution < 1.29 is 18.0 Å². The molecular formula is C13H18F3N3O. The van der Waals surface area contributed by atoms with Crippen LogP contribution >= 0.6 is 0 Å². The first-order chi connectivity index (χ1) is 9.07. The van der Waals surface area contributed by atoms with E-state index >= 15 is 0 Å². The van der Waals surface area contributed by atoms with E-state index < -0.39 is 17.6 Å². The number of nitrogens with zero attached hydrogens (tertiary/aromatic N) is 2. The number of rotatable bonds is 4. The second-order valence-corrected chi connectivity index (χ2v) is 5.46. The van der Waals surface area contributed by atoms with Gasteiger partial charge in [-0.15, -0.1) is 0 Å². The number of aromatic nitrogens is 1. The summed E-state index contributed by atoms with van der Waals surface area (Å²) >= 11 is 0. The first-order valence-corrected chi connectivity index (χ1v) is 6.05. The van der Waals surface area contributed by atoms with Gasteiger partial charge in [-0.3, -0.25) is 9.78 Å². The molecule has 1 heterocycles. The minimum atomic E-state index is -4.46. The lowest BCUT2D eigenvalue weighted by Gasteiger charge is -2.28. The maximum Gasteiger partial charge on any atom is 0.417 e. The van der Waals surface area contributed by atoms with Gasteiger partial charge in [-0.25, -0.2) is 0 Å². The van der Waals surface area contributed by atoms with Crippen molar-refractivity contribution >= 4 is 5.91 Å². The fraction of sp³-hybridized carbons (Fsp3) is 0.538. The zero-order chi connectivity index (χ0) is 15.6. The third-order valence-corrected chi connectivity index (χ3v) is 2.87. The number of alkyl halides is 3. The lowest BCUT2D eigenvalue weighted by Crippen LogP contribution is -2.40. The van der Waals surface area contributed by atoms with Crippen LogP contribution in [0, 0.1) is 5.41 Å². The molecule has 0 aliphatic carbocycles. The summed E-state index contributed by atoms with van der Waals surface area (Å²) in [6.07, 6.45) is -3.79. The Morgan fingerprint density at radius 1 is 1.35 bits per heavy atom. The fourth-order valence-electron chi connectivity index (χ4n) is 1.66. The smallest absolute Gasteiger partial charge is 0.340 e.